The molecule has 17 nitrogen and oxygen atoms in total. The van der Waals surface area contributed by atoms with E-state index < -0.39 is 29.5 Å². The van der Waals surface area contributed by atoms with Crippen LogP contribution in [-0.2, 0) is 41.8 Å². The summed E-state index contributed by atoms with van der Waals surface area (Å²) in [6.07, 6.45) is 16.5. The van der Waals surface area contributed by atoms with Crippen LogP contribution in [0.2, 0.25) is 0 Å². The first-order valence-electron chi connectivity index (χ1n) is 24.8. The highest BCUT2D eigenvalue weighted by molar-refractivity contribution is 9.11. The van der Waals surface area contributed by atoms with Crippen LogP contribution in [0.3, 0.4) is 0 Å². The number of carbonyl (C=O) groups excluding carboxylic acids is 4. The van der Waals surface area contributed by atoms with Crippen molar-refractivity contribution in [1.82, 2.24) is 10.6 Å². The number of unbranched alkanes of at least 4 members (excludes halogenated alkanes) is 16. The second-order valence-electron chi connectivity index (χ2n) is 18.9. The minimum Gasteiger partial charge on any atom is -0.507 e. The molecule has 0 radical (unpaired) electrons. The SMILES string of the molecule is C[N+](C)(C)CC(COC(=O)NCCCCCCCCCCCC(=O)OCc1cc(=O)oc2cc(O)c(Br)cc12)OC(=O)NCCCCCCCCCCCC(=O)OCc1cc(=O)oc2cc(O)c(Br)cc12. The normalized spacial score (nSPS) is 11.9. The highest BCUT2D eigenvalue weighted by Gasteiger charge is 2.24. The Kier molecular flexibility index (Phi) is 25.8. The van der Waals surface area contributed by atoms with E-state index in [4.69, 9.17) is 27.8 Å². The summed E-state index contributed by atoms with van der Waals surface area (Å²) in [7, 11) is 5.93. The molecule has 1 atom stereocenters. The van der Waals surface area contributed by atoms with Gasteiger partial charge >= 0.3 is 35.4 Å². The van der Waals surface area contributed by atoms with E-state index in [0.717, 1.165) is 116 Å². The predicted octanol–water partition coefficient (Wildman–Crippen LogP) is 11.0. The maximum atomic E-state index is 12.6. The zero-order valence-electron chi connectivity index (χ0n) is 41.4. The molecule has 2 heterocycles. The standard InChI is InChI=1S/C52H71Br2N3O14/c1-57(2,3)32-38(69-52(65)56-25-21-17-13-9-5-7-11-15-19-23-48(61)67-34-37-27-50(63)71-46-31-44(59)42(54)29-40(37)46)35-68-51(64)55-24-20-16-12-8-4-6-10-14-18-22-47(60)66-33-36-26-49(62)70-45-30-43(58)41(53)28-39(36)45/h26-31,38H,4-25,32-35H2,1-3H3,(H3-,55,56,58,59,62,63,64,65)/p+1. The molecule has 2 amide bonds. The van der Waals surface area contributed by atoms with Crippen molar-refractivity contribution in [2.24, 2.45) is 0 Å². The van der Waals surface area contributed by atoms with Crippen molar-refractivity contribution in [3.8, 4) is 11.5 Å². The van der Waals surface area contributed by atoms with Crippen LogP contribution < -0.4 is 21.9 Å². The Morgan fingerprint density at radius 1 is 0.549 bits per heavy atom. The summed E-state index contributed by atoms with van der Waals surface area (Å²) in [6, 6.07) is 8.53. The Morgan fingerprint density at radius 3 is 1.34 bits per heavy atom. The van der Waals surface area contributed by atoms with Gasteiger partial charge in [-0.05, 0) is 69.7 Å². The average molecular weight is 1120 g/mol. The molecular weight excluding hydrogens is 1050 g/mol. The lowest BCUT2D eigenvalue weighted by molar-refractivity contribution is -0.873. The Morgan fingerprint density at radius 2 is 0.930 bits per heavy atom. The molecule has 71 heavy (non-hydrogen) atoms. The van der Waals surface area contributed by atoms with Crippen LogP contribution in [0.4, 0.5) is 9.59 Å². The van der Waals surface area contributed by atoms with Crippen molar-refractivity contribution >= 4 is 77.9 Å². The number of likely N-dealkylation sites (N-methyl/N-ethyl adjacent to an activating group) is 1. The molecule has 0 saturated carbocycles. The van der Waals surface area contributed by atoms with Gasteiger partial charge < -0.3 is 53.1 Å². The fourth-order valence-electron chi connectivity index (χ4n) is 7.96. The first kappa shape index (κ1) is 58.4. The van der Waals surface area contributed by atoms with Crippen molar-refractivity contribution in [1.29, 1.82) is 0 Å². The van der Waals surface area contributed by atoms with E-state index in [0.29, 0.717) is 67.8 Å². The number of phenols is 2. The largest absolute Gasteiger partial charge is 0.507 e. The van der Waals surface area contributed by atoms with E-state index in [9.17, 15) is 39.0 Å². The molecule has 1 unspecified atom stereocenters. The molecule has 0 aliphatic rings. The third kappa shape index (κ3) is 23.3. The fraction of sp³-hybridized carbons (Fsp3) is 0.577. The predicted molar refractivity (Wildman–Crippen MR) is 276 cm³/mol. The summed E-state index contributed by atoms with van der Waals surface area (Å²) in [4.78, 5) is 73.5. The van der Waals surface area contributed by atoms with Gasteiger partial charge in [0.25, 0.3) is 0 Å². The van der Waals surface area contributed by atoms with E-state index in [2.05, 4.69) is 42.5 Å². The van der Waals surface area contributed by atoms with Crippen LogP contribution >= 0.6 is 31.9 Å². The number of ether oxygens (including phenoxy) is 4. The fourth-order valence-corrected chi connectivity index (χ4v) is 8.65. The van der Waals surface area contributed by atoms with Crippen LogP contribution in [0.25, 0.3) is 21.9 Å². The number of esters is 2. The molecule has 4 rings (SSSR count). The second kappa shape index (κ2) is 31.3. The topological polar surface area (TPSA) is 230 Å². The number of rotatable bonds is 33. The summed E-state index contributed by atoms with van der Waals surface area (Å²) in [6.45, 7) is 1.30. The Hall–Kier alpha value is -5.14. The van der Waals surface area contributed by atoms with E-state index >= 15 is 0 Å². The zero-order chi connectivity index (χ0) is 51.6. The highest BCUT2D eigenvalue weighted by Crippen LogP contribution is 2.32. The molecule has 0 aliphatic heterocycles. The first-order chi connectivity index (χ1) is 34.0. The van der Waals surface area contributed by atoms with Crippen LogP contribution in [0, 0.1) is 0 Å². The number of nitrogens with one attached hydrogen (secondary N) is 2. The molecular formula is C52H72Br2N3O14+. The number of phenolic OH excluding ortho intramolecular Hbond substituents is 2. The molecule has 2 aromatic carbocycles. The number of hydrogen-bond donors (Lipinski definition) is 4. The summed E-state index contributed by atoms with van der Waals surface area (Å²) >= 11 is 6.51. The number of amides is 2. The third-order valence-corrected chi connectivity index (χ3v) is 12.9. The zero-order valence-corrected chi connectivity index (χ0v) is 44.6. The van der Waals surface area contributed by atoms with Crippen molar-refractivity contribution in [3.05, 3.63) is 77.3 Å². The number of hydrogen-bond acceptors (Lipinski definition) is 14. The molecule has 4 aromatic rings. The highest BCUT2D eigenvalue weighted by atomic mass is 79.9. The molecule has 0 saturated heterocycles. The summed E-state index contributed by atoms with van der Waals surface area (Å²) in [5.41, 5.74) is 0.296. The molecule has 0 aliphatic carbocycles. The second-order valence-corrected chi connectivity index (χ2v) is 20.6. The van der Waals surface area contributed by atoms with E-state index in [1.807, 2.05) is 21.1 Å². The van der Waals surface area contributed by atoms with Gasteiger partial charge in [0.05, 0.1) is 30.1 Å². The van der Waals surface area contributed by atoms with Crippen molar-refractivity contribution in [3.63, 3.8) is 0 Å². The van der Waals surface area contributed by atoms with Gasteiger partial charge in [0.1, 0.15) is 49.0 Å². The van der Waals surface area contributed by atoms with Crippen molar-refractivity contribution in [2.45, 2.75) is 148 Å². The molecule has 4 N–H and O–H groups in total. The molecule has 392 valence electrons. The van der Waals surface area contributed by atoms with Crippen LogP contribution in [0.5, 0.6) is 11.5 Å². The third-order valence-electron chi connectivity index (χ3n) is 11.7. The van der Waals surface area contributed by atoms with Gasteiger partial charge in [0.2, 0.25) is 0 Å². The molecule has 0 bridgehead atoms. The van der Waals surface area contributed by atoms with Crippen molar-refractivity contribution < 1.29 is 61.7 Å². The minimum absolute atomic E-state index is 0.0462. The number of halogens is 2. The van der Waals surface area contributed by atoms with Gasteiger partial charge in [-0.25, -0.2) is 19.2 Å². The molecule has 19 heteroatoms. The average Bonchev–Trinajstić information content (AvgIpc) is 3.30. The van der Waals surface area contributed by atoms with Gasteiger partial charge in [0, 0.05) is 72.1 Å². The van der Waals surface area contributed by atoms with Crippen molar-refractivity contribution in [2.75, 3.05) is 47.4 Å². The number of quaternary nitrogens is 1. The smallest absolute Gasteiger partial charge is 0.407 e. The quantitative estimate of drug-likeness (QED) is 0.0114. The molecule has 0 fully saturated rings. The van der Waals surface area contributed by atoms with E-state index in [-0.39, 0.29) is 54.4 Å². The number of carbonyl (C=O) groups is 4. The van der Waals surface area contributed by atoms with Gasteiger partial charge in [0.15, 0.2) is 6.10 Å². The first-order valence-corrected chi connectivity index (χ1v) is 26.4. The number of alkyl carbamates (subject to hydrolysis) is 2. The molecule has 0 spiro atoms. The maximum Gasteiger partial charge on any atom is 0.407 e. The van der Waals surface area contributed by atoms with E-state index in [1.54, 1.807) is 12.1 Å². The van der Waals surface area contributed by atoms with Crippen LogP contribution in [0.1, 0.15) is 140 Å². The Labute approximate surface area is 432 Å². The Bertz CT molecular complexity index is 2450. The summed E-state index contributed by atoms with van der Waals surface area (Å²) < 4.78 is 33.6. The van der Waals surface area contributed by atoms with E-state index in [1.165, 1.54) is 24.3 Å². The lowest BCUT2D eigenvalue weighted by atomic mass is 10.1. The maximum absolute atomic E-state index is 12.6. The number of nitrogens with zero attached hydrogens (tertiary/aromatic N) is 1. The van der Waals surface area contributed by atoms with Gasteiger partial charge in [-0.1, -0.05) is 89.9 Å². The van der Waals surface area contributed by atoms with Gasteiger partial charge in [-0.2, -0.15) is 0 Å². The number of fused-ring (bicyclic) bond motifs is 2. The summed E-state index contributed by atoms with van der Waals surface area (Å²) in [5, 5.41) is 26.5. The lowest BCUT2D eigenvalue weighted by Gasteiger charge is -2.28. The van der Waals surface area contributed by atoms with Crippen LogP contribution in [0.15, 0.2) is 63.8 Å². The number of aromatic hydroxyl groups is 2. The summed E-state index contributed by atoms with van der Waals surface area (Å²) in [5.74, 6) is -0.766. The van der Waals surface area contributed by atoms with Gasteiger partial charge in [-0.15, -0.1) is 0 Å². The lowest BCUT2D eigenvalue weighted by Crippen LogP contribution is -2.46. The Balaban J connectivity index is 0.929. The minimum atomic E-state index is -0.604. The van der Waals surface area contributed by atoms with Gasteiger partial charge in [-0.3, -0.25) is 9.59 Å². The monoisotopic (exact) mass is 1120 g/mol. The van der Waals surface area contributed by atoms with Crippen LogP contribution in [-0.4, -0.2) is 92.3 Å². The molecule has 2 aromatic heterocycles. The number of benzene rings is 2.